The van der Waals surface area contributed by atoms with Crippen LogP contribution in [0.15, 0.2) is 0 Å². The zero-order valence-corrected chi connectivity index (χ0v) is 15.0. The van der Waals surface area contributed by atoms with Gasteiger partial charge in [-0.15, -0.1) is 0 Å². The molecule has 4 fully saturated rings. The lowest BCUT2D eigenvalue weighted by Gasteiger charge is -2.64. The maximum Gasteiger partial charge on any atom is 0.0910 e. The number of hydrogen-bond acceptors (Lipinski definition) is 4. The first-order valence-corrected chi connectivity index (χ1v) is 9.93. The van der Waals surface area contributed by atoms with Crippen LogP contribution in [-0.2, 0) is 0 Å². The van der Waals surface area contributed by atoms with Gasteiger partial charge in [0, 0.05) is 5.41 Å². The Bertz CT molecular complexity index is 504. The third-order valence-corrected chi connectivity index (χ3v) is 9.17. The molecule has 138 valence electrons. The molecule has 0 aromatic heterocycles. The Hall–Kier alpha value is -0.160. The molecule has 0 aromatic carbocycles. The van der Waals surface area contributed by atoms with Crippen LogP contribution >= 0.6 is 0 Å². The molecule has 0 saturated heterocycles. The van der Waals surface area contributed by atoms with E-state index in [0.717, 1.165) is 51.4 Å². The largest absolute Gasteiger partial charge is 0.396 e. The topological polar surface area (TPSA) is 80.9 Å². The normalized spacial score (nSPS) is 52.6. The molecule has 1 spiro atoms. The highest BCUT2D eigenvalue weighted by atomic mass is 16.3. The first-order chi connectivity index (χ1) is 11.4. The van der Waals surface area contributed by atoms with Crippen molar-refractivity contribution >= 4 is 0 Å². The highest BCUT2D eigenvalue weighted by Crippen LogP contribution is 2.72. The maximum absolute atomic E-state index is 10.9. The third kappa shape index (κ3) is 2.00. The van der Waals surface area contributed by atoms with E-state index in [9.17, 15) is 20.4 Å². The van der Waals surface area contributed by atoms with Crippen LogP contribution in [0.5, 0.6) is 0 Å². The van der Waals surface area contributed by atoms with E-state index >= 15 is 0 Å². The van der Waals surface area contributed by atoms with Crippen LogP contribution in [0, 0.1) is 34.0 Å². The fourth-order valence-corrected chi connectivity index (χ4v) is 8.18. The molecule has 6 unspecified atom stereocenters. The standard InChI is InChI=1S/C20H34O4/c1-17-6-2-7-19(11-21,12-22)16(17)5-8-18-9-14(3-4-15(17)18)20(24,10-18)13-23/h14-16,21-24H,2-13H2,1H3. The lowest BCUT2D eigenvalue weighted by molar-refractivity contribution is -0.176. The van der Waals surface area contributed by atoms with Crippen LogP contribution in [0.2, 0.25) is 0 Å². The second-order valence-electron chi connectivity index (χ2n) is 9.96. The molecule has 4 aliphatic rings. The monoisotopic (exact) mass is 338 g/mol. The van der Waals surface area contributed by atoms with E-state index < -0.39 is 5.60 Å². The number of hydrogen-bond donors (Lipinski definition) is 4. The SMILES string of the molecule is CC12CCCC(CO)(CO)C1CCC13CC(CCC12)C(O)(CO)C3. The molecule has 0 heterocycles. The molecule has 0 radical (unpaired) electrons. The van der Waals surface area contributed by atoms with Crippen molar-refractivity contribution in [2.75, 3.05) is 19.8 Å². The van der Waals surface area contributed by atoms with Crippen molar-refractivity contribution in [2.45, 2.75) is 70.3 Å². The van der Waals surface area contributed by atoms with Crippen molar-refractivity contribution in [2.24, 2.45) is 34.0 Å². The van der Waals surface area contributed by atoms with E-state index in [2.05, 4.69) is 6.92 Å². The number of rotatable bonds is 3. The van der Waals surface area contributed by atoms with Gasteiger partial charge in [0.2, 0.25) is 0 Å². The van der Waals surface area contributed by atoms with Crippen LogP contribution in [0.25, 0.3) is 0 Å². The molecule has 2 bridgehead atoms. The summed E-state index contributed by atoms with van der Waals surface area (Å²) in [6.07, 6.45) is 9.26. The fraction of sp³-hybridized carbons (Fsp3) is 1.00. The minimum atomic E-state index is -0.877. The van der Waals surface area contributed by atoms with Gasteiger partial charge in [-0.3, -0.25) is 0 Å². The highest BCUT2D eigenvalue weighted by Gasteiger charge is 2.67. The van der Waals surface area contributed by atoms with E-state index in [1.54, 1.807) is 0 Å². The van der Waals surface area contributed by atoms with E-state index in [4.69, 9.17) is 0 Å². The highest BCUT2D eigenvalue weighted by molar-refractivity contribution is 5.17. The molecule has 0 aromatic rings. The Labute approximate surface area is 145 Å². The molecule has 4 N–H and O–H groups in total. The summed E-state index contributed by atoms with van der Waals surface area (Å²) in [5, 5.41) is 41.0. The second kappa shape index (κ2) is 5.42. The van der Waals surface area contributed by atoms with Gasteiger partial charge in [-0.2, -0.15) is 0 Å². The van der Waals surface area contributed by atoms with E-state index in [1.165, 1.54) is 6.42 Å². The van der Waals surface area contributed by atoms with Gasteiger partial charge in [0.05, 0.1) is 25.4 Å². The zero-order valence-electron chi connectivity index (χ0n) is 15.0. The van der Waals surface area contributed by atoms with Gasteiger partial charge in [-0.05, 0) is 80.0 Å². The summed E-state index contributed by atoms with van der Waals surface area (Å²) < 4.78 is 0. The summed E-state index contributed by atoms with van der Waals surface area (Å²) in [4.78, 5) is 0. The number of aliphatic hydroxyl groups is 4. The predicted molar refractivity (Wildman–Crippen MR) is 91.2 cm³/mol. The van der Waals surface area contributed by atoms with Crippen molar-refractivity contribution in [3.63, 3.8) is 0 Å². The number of aliphatic hydroxyl groups excluding tert-OH is 3. The van der Waals surface area contributed by atoms with Gasteiger partial charge in [0.15, 0.2) is 0 Å². The van der Waals surface area contributed by atoms with Crippen molar-refractivity contribution < 1.29 is 20.4 Å². The summed E-state index contributed by atoms with van der Waals surface area (Å²) in [5.41, 5.74) is -0.887. The molecule has 4 rings (SSSR count). The lowest BCUT2D eigenvalue weighted by Crippen LogP contribution is -2.59. The smallest absolute Gasteiger partial charge is 0.0910 e. The Morgan fingerprint density at radius 1 is 0.875 bits per heavy atom. The Balaban J connectivity index is 1.71. The fourth-order valence-electron chi connectivity index (χ4n) is 8.18. The van der Waals surface area contributed by atoms with Gasteiger partial charge in [-0.1, -0.05) is 13.3 Å². The Morgan fingerprint density at radius 3 is 2.29 bits per heavy atom. The lowest BCUT2D eigenvalue weighted by atomic mass is 9.41. The van der Waals surface area contributed by atoms with E-state index in [1.807, 2.05) is 0 Å². The van der Waals surface area contributed by atoms with Gasteiger partial charge in [-0.25, -0.2) is 0 Å². The molecular weight excluding hydrogens is 304 g/mol. The summed E-state index contributed by atoms with van der Waals surface area (Å²) in [7, 11) is 0. The minimum Gasteiger partial charge on any atom is -0.396 e. The Kier molecular flexibility index (Phi) is 3.90. The van der Waals surface area contributed by atoms with Crippen LogP contribution in [0.4, 0.5) is 0 Å². The van der Waals surface area contributed by atoms with Gasteiger partial charge < -0.3 is 20.4 Å². The van der Waals surface area contributed by atoms with Gasteiger partial charge >= 0.3 is 0 Å². The molecule has 24 heavy (non-hydrogen) atoms. The van der Waals surface area contributed by atoms with Crippen molar-refractivity contribution in [3.05, 3.63) is 0 Å². The first kappa shape index (κ1) is 17.3. The number of fused-ring (bicyclic) bond motifs is 3. The van der Waals surface area contributed by atoms with Crippen LogP contribution < -0.4 is 0 Å². The van der Waals surface area contributed by atoms with Crippen LogP contribution in [0.3, 0.4) is 0 Å². The van der Waals surface area contributed by atoms with Crippen LogP contribution in [0.1, 0.15) is 64.7 Å². The average Bonchev–Trinajstić information content (AvgIpc) is 2.80. The molecule has 4 heteroatoms. The van der Waals surface area contributed by atoms with E-state index in [0.29, 0.717) is 11.8 Å². The van der Waals surface area contributed by atoms with E-state index in [-0.39, 0.29) is 42.0 Å². The Morgan fingerprint density at radius 2 is 1.62 bits per heavy atom. The predicted octanol–water partition coefficient (Wildman–Crippen LogP) is 2.09. The zero-order chi connectivity index (χ0) is 17.2. The molecule has 4 nitrogen and oxygen atoms in total. The molecule has 4 aliphatic carbocycles. The summed E-state index contributed by atoms with van der Waals surface area (Å²) >= 11 is 0. The molecule has 0 amide bonds. The molecule has 6 atom stereocenters. The van der Waals surface area contributed by atoms with Crippen LogP contribution in [-0.4, -0.2) is 45.8 Å². The molecule has 4 saturated carbocycles. The van der Waals surface area contributed by atoms with Crippen molar-refractivity contribution in [3.8, 4) is 0 Å². The molecule has 0 aliphatic heterocycles. The first-order valence-electron chi connectivity index (χ1n) is 9.93. The average molecular weight is 338 g/mol. The maximum atomic E-state index is 10.9. The summed E-state index contributed by atoms with van der Waals surface area (Å²) in [6.45, 7) is 2.47. The second-order valence-corrected chi connectivity index (χ2v) is 9.96. The van der Waals surface area contributed by atoms with Crippen molar-refractivity contribution in [1.29, 1.82) is 0 Å². The minimum absolute atomic E-state index is 0.0900. The quantitative estimate of drug-likeness (QED) is 0.635. The summed E-state index contributed by atoms with van der Waals surface area (Å²) in [6, 6.07) is 0. The van der Waals surface area contributed by atoms with Gasteiger partial charge in [0.25, 0.3) is 0 Å². The van der Waals surface area contributed by atoms with Crippen molar-refractivity contribution in [1.82, 2.24) is 0 Å². The summed E-state index contributed by atoms with van der Waals surface area (Å²) in [5.74, 6) is 1.19. The third-order valence-electron chi connectivity index (χ3n) is 9.17. The molecular formula is C20H34O4. The van der Waals surface area contributed by atoms with Gasteiger partial charge in [0.1, 0.15) is 0 Å².